The zero-order valence-electron chi connectivity index (χ0n) is 18.6. The van der Waals surface area contributed by atoms with Gasteiger partial charge in [-0.3, -0.25) is 9.59 Å². The molecule has 0 radical (unpaired) electrons. The Balaban J connectivity index is 2.09. The number of nitrogens with one attached hydrogen (secondary N) is 2. The van der Waals surface area contributed by atoms with Crippen molar-refractivity contribution in [1.29, 1.82) is 0 Å². The molecule has 0 spiro atoms. The molecular weight excluding hydrogens is 444 g/mol. The number of fused-ring (bicyclic) bond motifs is 1. The van der Waals surface area contributed by atoms with Crippen LogP contribution in [0.2, 0.25) is 0 Å². The van der Waals surface area contributed by atoms with Crippen LogP contribution in [0, 0.1) is 6.92 Å². The number of nitrogens with zero attached hydrogens (tertiary/aromatic N) is 2. The van der Waals surface area contributed by atoms with Gasteiger partial charge in [0.2, 0.25) is 0 Å². The van der Waals surface area contributed by atoms with Crippen LogP contribution < -0.4 is 10.6 Å². The average Bonchev–Trinajstić information content (AvgIpc) is 3.16. The van der Waals surface area contributed by atoms with Crippen molar-refractivity contribution in [2.75, 3.05) is 27.2 Å². The zero-order valence-corrected chi connectivity index (χ0v) is 19.4. The van der Waals surface area contributed by atoms with Crippen LogP contribution in [0.25, 0.3) is 17.0 Å². The van der Waals surface area contributed by atoms with Gasteiger partial charge in [0.25, 0.3) is 11.8 Å². The fourth-order valence-electron chi connectivity index (χ4n) is 3.14. The zero-order chi connectivity index (χ0) is 24.2. The number of hydrogen-bond donors (Lipinski definition) is 3. The standard InChI is InChI=1S/C23H26N4O5S/c1-16-8-10-17(11-9-16)22(29)25-20(23(30)24-12-13-28)14-18-15-27(33(31,32)26(2)3)21-7-5-4-6-19(18)21/h4-11,14-15,28H,12-13H2,1-3H3,(H,24,30)(H,25,29)/b20-14-. The molecule has 0 atom stereocenters. The van der Waals surface area contributed by atoms with Gasteiger partial charge in [-0.25, -0.2) is 3.97 Å². The van der Waals surface area contributed by atoms with Crippen LogP contribution in [0.4, 0.5) is 0 Å². The summed E-state index contributed by atoms with van der Waals surface area (Å²) in [4.78, 5) is 25.5. The molecule has 0 saturated carbocycles. The molecule has 1 heterocycles. The number of aliphatic hydroxyl groups excluding tert-OH is 1. The van der Waals surface area contributed by atoms with Gasteiger partial charge in [0.15, 0.2) is 0 Å². The Morgan fingerprint density at radius 2 is 1.76 bits per heavy atom. The highest BCUT2D eigenvalue weighted by molar-refractivity contribution is 7.87. The topological polar surface area (TPSA) is 121 Å². The van der Waals surface area contributed by atoms with E-state index in [1.807, 2.05) is 6.92 Å². The van der Waals surface area contributed by atoms with Crippen LogP contribution in [-0.4, -0.2) is 60.9 Å². The normalized spacial score (nSPS) is 12.2. The maximum absolute atomic E-state index is 12.8. The number of aryl methyl sites for hydroxylation is 1. The molecule has 0 saturated heterocycles. The van der Waals surface area contributed by atoms with E-state index in [2.05, 4.69) is 10.6 Å². The molecule has 3 aromatic rings. The first-order chi connectivity index (χ1) is 15.6. The Morgan fingerprint density at radius 1 is 1.09 bits per heavy atom. The summed E-state index contributed by atoms with van der Waals surface area (Å²) in [5, 5.41) is 14.8. The Hall–Kier alpha value is -3.47. The van der Waals surface area contributed by atoms with Crippen LogP contribution in [0.15, 0.2) is 60.4 Å². The van der Waals surface area contributed by atoms with Gasteiger partial charge in [-0.2, -0.15) is 12.7 Å². The smallest absolute Gasteiger partial charge is 0.307 e. The highest BCUT2D eigenvalue weighted by Gasteiger charge is 2.22. The molecule has 1 aromatic heterocycles. The molecule has 0 bridgehead atoms. The van der Waals surface area contributed by atoms with Crippen molar-refractivity contribution in [3.8, 4) is 0 Å². The quantitative estimate of drug-likeness (QED) is 0.431. The summed E-state index contributed by atoms with van der Waals surface area (Å²) in [5.74, 6) is -1.11. The van der Waals surface area contributed by atoms with E-state index >= 15 is 0 Å². The van der Waals surface area contributed by atoms with Gasteiger partial charge in [0.05, 0.1) is 12.1 Å². The number of carbonyl (C=O) groups is 2. The second-order valence-corrected chi connectivity index (χ2v) is 9.56. The van der Waals surface area contributed by atoms with Crippen molar-refractivity contribution in [1.82, 2.24) is 18.9 Å². The summed E-state index contributed by atoms with van der Waals surface area (Å²) in [7, 11) is -0.972. The Morgan fingerprint density at radius 3 is 2.39 bits per heavy atom. The highest BCUT2D eigenvalue weighted by atomic mass is 32.2. The fourth-order valence-corrected chi connectivity index (χ4v) is 4.14. The van der Waals surface area contributed by atoms with Crippen LogP contribution >= 0.6 is 0 Å². The van der Waals surface area contributed by atoms with Crippen molar-refractivity contribution >= 4 is 39.0 Å². The van der Waals surface area contributed by atoms with Gasteiger partial charge in [-0.1, -0.05) is 35.9 Å². The number of carbonyl (C=O) groups excluding carboxylic acids is 2. The molecule has 0 aliphatic heterocycles. The SMILES string of the molecule is Cc1ccc(C(=O)N/C(=C\c2cn(S(=O)(=O)N(C)C)c3ccccc23)C(=O)NCCO)cc1. The maximum atomic E-state index is 12.8. The summed E-state index contributed by atoms with van der Waals surface area (Å²) < 4.78 is 27.8. The van der Waals surface area contributed by atoms with Gasteiger partial charge in [0.1, 0.15) is 5.70 Å². The molecule has 3 N–H and O–H groups in total. The molecule has 0 aliphatic carbocycles. The summed E-state index contributed by atoms with van der Waals surface area (Å²) >= 11 is 0. The summed E-state index contributed by atoms with van der Waals surface area (Å²) in [6.45, 7) is 1.62. The number of amides is 2. The van der Waals surface area contributed by atoms with Crippen LogP contribution in [0.5, 0.6) is 0 Å². The fraction of sp³-hybridized carbons (Fsp3) is 0.217. The number of aliphatic hydroxyl groups is 1. The van der Waals surface area contributed by atoms with Crippen molar-refractivity contribution in [3.63, 3.8) is 0 Å². The number of aromatic nitrogens is 1. The monoisotopic (exact) mass is 470 g/mol. The molecule has 9 nitrogen and oxygen atoms in total. The van der Waals surface area contributed by atoms with Crippen LogP contribution in [0.3, 0.4) is 0 Å². The first-order valence-corrected chi connectivity index (χ1v) is 11.6. The molecule has 0 aliphatic rings. The average molecular weight is 471 g/mol. The van der Waals surface area contributed by atoms with E-state index in [0.29, 0.717) is 22.0 Å². The van der Waals surface area contributed by atoms with E-state index in [4.69, 9.17) is 5.11 Å². The van der Waals surface area contributed by atoms with Crippen molar-refractivity contribution in [2.24, 2.45) is 0 Å². The third-order valence-electron chi connectivity index (χ3n) is 4.92. The Bertz CT molecular complexity index is 1310. The Kier molecular flexibility index (Phi) is 7.32. The first kappa shape index (κ1) is 24.2. The second kappa shape index (κ2) is 9.99. The van der Waals surface area contributed by atoms with E-state index in [0.717, 1.165) is 13.8 Å². The largest absolute Gasteiger partial charge is 0.395 e. The number of benzene rings is 2. The molecule has 0 fully saturated rings. The minimum Gasteiger partial charge on any atom is -0.395 e. The lowest BCUT2D eigenvalue weighted by Crippen LogP contribution is -2.36. The maximum Gasteiger partial charge on any atom is 0.307 e. The third kappa shape index (κ3) is 5.30. The molecule has 174 valence electrons. The van der Waals surface area contributed by atoms with Crippen LogP contribution in [-0.2, 0) is 15.0 Å². The number of para-hydroxylation sites is 1. The molecule has 33 heavy (non-hydrogen) atoms. The van der Waals surface area contributed by atoms with E-state index in [1.54, 1.807) is 48.5 Å². The lowest BCUT2D eigenvalue weighted by atomic mass is 10.1. The van der Waals surface area contributed by atoms with E-state index < -0.39 is 22.0 Å². The third-order valence-corrected chi connectivity index (χ3v) is 6.64. The molecule has 2 aromatic carbocycles. The van der Waals surface area contributed by atoms with Crippen molar-refractivity contribution in [2.45, 2.75) is 6.92 Å². The number of rotatable bonds is 8. The van der Waals surface area contributed by atoms with E-state index in [1.165, 1.54) is 26.4 Å². The predicted molar refractivity (Wildman–Crippen MR) is 127 cm³/mol. The summed E-state index contributed by atoms with van der Waals surface area (Å²) in [5.41, 5.74) is 2.11. The Labute approximate surface area is 192 Å². The van der Waals surface area contributed by atoms with Gasteiger partial charge in [-0.05, 0) is 31.2 Å². The second-order valence-electron chi connectivity index (χ2n) is 7.55. The minimum absolute atomic E-state index is 0.00660. The molecule has 3 rings (SSSR count). The summed E-state index contributed by atoms with van der Waals surface area (Å²) in [6.07, 6.45) is 2.82. The lowest BCUT2D eigenvalue weighted by Gasteiger charge is -2.13. The summed E-state index contributed by atoms with van der Waals surface area (Å²) in [6, 6.07) is 13.7. The molecule has 10 heteroatoms. The van der Waals surface area contributed by atoms with Crippen LogP contribution in [0.1, 0.15) is 21.5 Å². The first-order valence-electron chi connectivity index (χ1n) is 10.2. The van der Waals surface area contributed by atoms with Gasteiger partial charge in [0, 0.05) is 43.4 Å². The van der Waals surface area contributed by atoms with E-state index in [9.17, 15) is 18.0 Å². The highest BCUT2D eigenvalue weighted by Crippen LogP contribution is 2.25. The van der Waals surface area contributed by atoms with Gasteiger partial charge in [-0.15, -0.1) is 0 Å². The predicted octanol–water partition coefficient (Wildman–Crippen LogP) is 1.48. The van der Waals surface area contributed by atoms with Crippen molar-refractivity contribution in [3.05, 3.63) is 77.1 Å². The number of hydrogen-bond acceptors (Lipinski definition) is 5. The lowest BCUT2D eigenvalue weighted by molar-refractivity contribution is -0.117. The van der Waals surface area contributed by atoms with E-state index in [-0.39, 0.29) is 18.8 Å². The van der Waals surface area contributed by atoms with Crippen molar-refractivity contribution < 1.29 is 23.1 Å². The molecule has 2 amide bonds. The van der Waals surface area contributed by atoms with Gasteiger partial charge < -0.3 is 15.7 Å². The molecular formula is C23H26N4O5S. The minimum atomic E-state index is -3.82. The molecule has 0 unspecified atom stereocenters. The van der Waals surface area contributed by atoms with Gasteiger partial charge >= 0.3 is 10.2 Å².